The fraction of sp³-hybridized carbons (Fsp3) is 0.636. The number of sulfonamides is 1. The summed E-state index contributed by atoms with van der Waals surface area (Å²) in [7, 11) is -3.47. The molecule has 1 saturated heterocycles. The van der Waals surface area contributed by atoms with E-state index in [1.807, 2.05) is 13.8 Å². The monoisotopic (exact) mass is 387 g/mol. The Kier molecular flexibility index (Phi) is 4.96. The zero-order valence-corrected chi connectivity index (χ0v) is 14.6. The molecular formula is C11H15BrClNO3S2. The molecule has 0 bridgehead atoms. The van der Waals surface area contributed by atoms with Crippen molar-refractivity contribution in [3.8, 4) is 0 Å². The molecule has 0 aliphatic carbocycles. The number of hydrogen-bond donors (Lipinski definition) is 0. The van der Waals surface area contributed by atoms with E-state index in [-0.39, 0.29) is 12.1 Å². The minimum Gasteiger partial charge on any atom is -0.374 e. The molecule has 0 radical (unpaired) electrons. The summed E-state index contributed by atoms with van der Waals surface area (Å²) in [4.78, 5) is 0. The van der Waals surface area contributed by atoms with Gasteiger partial charge in [0.05, 0.1) is 16.5 Å². The van der Waals surface area contributed by atoms with Gasteiger partial charge >= 0.3 is 0 Å². The van der Waals surface area contributed by atoms with Crippen molar-refractivity contribution in [2.24, 2.45) is 0 Å². The molecule has 108 valence electrons. The van der Waals surface area contributed by atoms with Crippen LogP contribution in [0.4, 0.5) is 0 Å². The van der Waals surface area contributed by atoms with Gasteiger partial charge < -0.3 is 4.74 Å². The van der Waals surface area contributed by atoms with Crippen LogP contribution in [-0.4, -0.2) is 43.9 Å². The Balaban J connectivity index is 2.32. The van der Waals surface area contributed by atoms with Crippen molar-refractivity contribution >= 4 is 48.9 Å². The number of thiophene rings is 1. The average Bonchev–Trinajstić information content (AvgIpc) is 2.71. The molecule has 0 amide bonds. The fourth-order valence-electron chi connectivity index (χ4n) is 1.89. The van der Waals surface area contributed by atoms with Gasteiger partial charge in [0.2, 0.25) is 0 Å². The first-order valence-electron chi connectivity index (χ1n) is 5.81. The third kappa shape index (κ3) is 3.16. The number of halogens is 2. The maximum Gasteiger partial charge on any atom is 0.253 e. The fourth-order valence-corrected chi connectivity index (χ4v) is 6.09. The summed E-state index contributed by atoms with van der Waals surface area (Å²) in [6.45, 7) is 4.41. The first-order valence-corrected chi connectivity index (χ1v) is 9.40. The van der Waals surface area contributed by atoms with E-state index >= 15 is 0 Å². The summed E-state index contributed by atoms with van der Waals surface area (Å²) >= 11 is 10.4. The molecule has 8 heteroatoms. The molecule has 19 heavy (non-hydrogen) atoms. The van der Waals surface area contributed by atoms with E-state index in [0.717, 1.165) is 9.35 Å². The Bertz CT molecular complexity index is 541. The van der Waals surface area contributed by atoms with Gasteiger partial charge in [0.1, 0.15) is 4.21 Å². The second-order valence-electron chi connectivity index (χ2n) is 4.56. The van der Waals surface area contributed by atoms with E-state index in [1.54, 1.807) is 6.07 Å². The zero-order valence-electron chi connectivity index (χ0n) is 10.6. The highest BCUT2D eigenvalue weighted by Crippen LogP contribution is 2.33. The van der Waals surface area contributed by atoms with Crippen LogP contribution in [0.5, 0.6) is 0 Å². The quantitative estimate of drug-likeness (QED) is 0.748. The molecule has 4 nitrogen and oxygen atoms in total. The van der Waals surface area contributed by atoms with E-state index in [2.05, 4.69) is 15.9 Å². The van der Waals surface area contributed by atoms with E-state index in [9.17, 15) is 8.42 Å². The van der Waals surface area contributed by atoms with Crippen molar-refractivity contribution in [1.82, 2.24) is 4.31 Å². The van der Waals surface area contributed by atoms with Crippen LogP contribution < -0.4 is 0 Å². The zero-order chi connectivity index (χ0) is 14.2. The molecule has 1 aliphatic rings. The third-order valence-corrected chi connectivity index (χ3v) is 7.93. The van der Waals surface area contributed by atoms with E-state index in [0.29, 0.717) is 23.2 Å². The van der Waals surface area contributed by atoms with Crippen molar-refractivity contribution in [2.45, 2.75) is 30.2 Å². The van der Waals surface area contributed by atoms with Gasteiger partial charge in [0.25, 0.3) is 10.0 Å². The number of ether oxygens (including phenoxy) is 1. The molecule has 1 aromatic heterocycles. The minimum atomic E-state index is -3.47. The van der Waals surface area contributed by atoms with E-state index in [1.165, 1.54) is 15.6 Å². The molecular weight excluding hydrogens is 374 g/mol. The van der Waals surface area contributed by atoms with Crippen LogP contribution in [0.1, 0.15) is 12.5 Å². The van der Waals surface area contributed by atoms with Gasteiger partial charge in [-0.25, -0.2) is 8.42 Å². The highest BCUT2D eigenvalue weighted by Gasteiger charge is 2.36. The molecule has 0 aromatic carbocycles. The van der Waals surface area contributed by atoms with Gasteiger partial charge in [-0.2, -0.15) is 4.31 Å². The Hall–Kier alpha value is 0.340. The van der Waals surface area contributed by atoms with Crippen molar-refractivity contribution in [1.29, 1.82) is 0 Å². The second kappa shape index (κ2) is 5.99. The lowest BCUT2D eigenvalue weighted by Gasteiger charge is -2.35. The molecule has 0 saturated carbocycles. The van der Waals surface area contributed by atoms with Gasteiger partial charge in [-0.15, -0.1) is 22.9 Å². The summed E-state index contributed by atoms with van der Waals surface area (Å²) in [6.07, 6.45) is -0.239. The molecule has 2 rings (SSSR count). The Morgan fingerprint density at radius 2 is 2.32 bits per heavy atom. The number of morpholine rings is 1. The molecule has 1 aliphatic heterocycles. The van der Waals surface area contributed by atoms with Gasteiger partial charge in [-0.05, 0) is 41.4 Å². The lowest BCUT2D eigenvalue weighted by Crippen LogP contribution is -2.51. The Labute approximate surface area is 130 Å². The first-order chi connectivity index (χ1) is 8.86. The molecule has 1 fully saturated rings. The average molecular weight is 389 g/mol. The smallest absolute Gasteiger partial charge is 0.253 e. The van der Waals surface area contributed by atoms with Crippen LogP contribution in [0.15, 0.2) is 14.1 Å². The maximum absolute atomic E-state index is 12.6. The standard InChI is InChI=1S/C11H15BrClNO3S2/c1-7-3-10(18-11(7)12)19(15,16)14-5-9(4-13)17-6-8(14)2/h3,8-9H,4-6H2,1-2H3. The number of alkyl halides is 1. The summed E-state index contributed by atoms with van der Waals surface area (Å²) in [5.41, 5.74) is 0.929. The number of aryl methyl sites for hydroxylation is 1. The Morgan fingerprint density at radius 1 is 1.63 bits per heavy atom. The highest BCUT2D eigenvalue weighted by molar-refractivity contribution is 9.11. The predicted molar refractivity (Wildman–Crippen MR) is 80.6 cm³/mol. The minimum absolute atomic E-state index is 0.175. The molecule has 2 unspecified atom stereocenters. The summed E-state index contributed by atoms with van der Waals surface area (Å²) < 4.78 is 33.5. The lowest BCUT2D eigenvalue weighted by molar-refractivity contribution is -0.0151. The summed E-state index contributed by atoms with van der Waals surface area (Å²) in [6, 6.07) is 1.52. The number of nitrogens with zero attached hydrogens (tertiary/aromatic N) is 1. The lowest BCUT2D eigenvalue weighted by atomic mass is 10.2. The first kappa shape index (κ1) is 15.7. The van der Waals surface area contributed by atoms with Gasteiger partial charge in [0.15, 0.2) is 0 Å². The SMILES string of the molecule is Cc1cc(S(=O)(=O)N2CC(CCl)OCC2C)sc1Br. The van der Waals surface area contributed by atoms with Gasteiger partial charge in [0, 0.05) is 18.5 Å². The molecule has 0 spiro atoms. The summed E-state index contributed by atoms with van der Waals surface area (Å²) in [5.74, 6) is 0.298. The maximum atomic E-state index is 12.6. The number of rotatable bonds is 3. The van der Waals surface area contributed by atoms with E-state index in [4.69, 9.17) is 16.3 Å². The van der Waals surface area contributed by atoms with Crippen molar-refractivity contribution < 1.29 is 13.2 Å². The molecule has 2 atom stereocenters. The van der Waals surface area contributed by atoms with Crippen molar-refractivity contribution in [3.63, 3.8) is 0 Å². The highest BCUT2D eigenvalue weighted by atomic mass is 79.9. The van der Waals surface area contributed by atoms with Crippen LogP contribution in [0.3, 0.4) is 0 Å². The largest absolute Gasteiger partial charge is 0.374 e. The van der Waals surface area contributed by atoms with Gasteiger partial charge in [-0.1, -0.05) is 0 Å². The summed E-state index contributed by atoms with van der Waals surface area (Å²) in [5, 5.41) is 0. The van der Waals surface area contributed by atoms with Gasteiger partial charge in [-0.3, -0.25) is 0 Å². The van der Waals surface area contributed by atoms with Crippen LogP contribution in [0.2, 0.25) is 0 Å². The molecule has 0 N–H and O–H groups in total. The normalized spacial score (nSPS) is 25.7. The van der Waals surface area contributed by atoms with Crippen LogP contribution >= 0.6 is 38.9 Å². The second-order valence-corrected chi connectivity index (χ2v) is 9.35. The van der Waals surface area contributed by atoms with Crippen molar-refractivity contribution in [3.05, 3.63) is 15.4 Å². The topological polar surface area (TPSA) is 46.6 Å². The number of hydrogen-bond acceptors (Lipinski definition) is 4. The van der Waals surface area contributed by atoms with Crippen LogP contribution in [0, 0.1) is 6.92 Å². The third-order valence-electron chi connectivity index (χ3n) is 3.02. The van der Waals surface area contributed by atoms with E-state index < -0.39 is 10.0 Å². The van der Waals surface area contributed by atoms with Crippen molar-refractivity contribution in [2.75, 3.05) is 19.0 Å². The van der Waals surface area contributed by atoms with Crippen LogP contribution in [-0.2, 0) is 14.8 Å². The Morgan fingerprint density at radius 3 is 2.84 bits per heavy atom. The molecule has 2 heterocycles. The molecule has 1 aromatic rings. The predicted octanol–water partition coefficient (Wildman–Crippen LogP) is 2.84. The van der Waals surface area contributed by atoms with Crippen LogP contribution in [0.25, 0.3) is 0 Å².